The summed E-state index contributed by atoms with van der Waals surface area (Å²) in [4.78, 5) is 1.60. The summed E-state index contributed by atoms with van der Waals surface area (Å²) in [5.74, 6) is 0.529. The Kier molecular flexibility index (Phi) is 4.48. The fraction of sp³-hybridized carbons (Fsp3) is 0.800. The zero-order chi connectivity index (χ0) is 6.41. The van der Waals surface area contributed by atoms with Gasteiger partial charge in [-0.15, -0.1) is 11.6 Å². The Balaban J connectivity index is 3.26. The van der Waals surface area contributed by atoms with E-state index < -0.39 is 0 Å². The van der Waals surface area contributed by atoms with Crippen molar-refractivity contribution < 1.29 is 0 Å². The minimum Gasteiger partial charge on any atom is -0.310 e. The molecular formula is C5H9ClN2. The van der Waals surface area contributed by atoms with Gasteiger partial charge in [0, 0.05) is 19.0 Å². The van der Waals surface area contributed by atoms with E-state index in [4.69, 9.17) is 16.9 Å². The number of halogens is 1. The predicted molar refractivity (Wildman–Crippen MR) is 33.6 cm³/mol. The Hall–Kier alpha value is -0.420. The standard InChI is InChI=1S/C5H9ClN2/c1-2-8(5-7)4-3-6/h2-4H2,1H3. The summed E-state index contributed by atoms with van der Waals surface area (Å²) in [7, 11) is 0. The molecule has 0 saturated heterocycles. The molecule has 0 aliphatic heterocycles. The van der Waals surface area contributed by atoms with Gasteiger partial charge in [0.25, 0.3) is 0 Å². The molecule has 0 fully saturated rings. The SMILES string of the molecule is CCN(C#N)CCCl. The van der Waals surface area contributed by atoms with E-state index in [9.17, 15) is 0 Å². The van der Waals surface area contributed by atoms with Gasteiger partial charge in [0.15, 0.2) is 6.19 Å². The number of hydrogen-bond acceptors (Lipinski definition) is 2. The first-order chi connectivity index (χ1) is 3.85. The molecule has 0 spiro atoms. The third kappa shape index (κ3) is 2.70. The Bertz CT molecular complexity index is 86.9. The minimum atomic E-state index is 0.529. The van der Waals surface area contributed by atoms with Crippen LogP contribution in [-0.2, 0) is 0 Å². The zero-order valence-electron chi connectivity index (χ0n) is 4.89. The summed E-state index contributed by atoms with van der Waals surface area (Å²) in [5, 5.41) is 8.27. The van der Waals surface area contributed by atoms with Crippen LogP contribution in [0.15, 0.2) is 0 Å². The lowest BCUT2D eigenvalue weighted by Gasteiger charge is -2.08. The third-order valence-electron chi connectivity index (χ3n) is 0.878. The molecule has 2 nitrogen and oxygen atoms in total. The quantitative estimate of drug-likeness (QED) is 0.326. The van der Waals surface area contributed by atoms with Crippen molar-refractivity contribution in [3.8, 4) is 6.19 Å². The fourth-order valence-electron chi connectivity index (χ4n) is 0.381. The molecule has 0 aliphatic rings. The molecule has 0 bridgehead atoms. The molecule has 0 amide bonds. The first-order valence-electron chi connectivity index (χ1n) is 2.55. The summed E-state index contributed by atoms with van der Waals surface area (Å²) >= 11 is 5.36. The molecule has 0 aromatic rings. The molecule has 0 rings (SSSR count). The summed E-state index contributed by atoms with van der Waals surface area (Å²) in [5.41, 5.74) is 0. The van der Waals surface area contributed by atoms with Crippen LogP contribution < -0.4 is 0 Å². The molecule has 0 aromatic carbocycles. The van der Waals surface area contributed by atoms with Crippen molar-refractivity contribution in [1.29, 1.82) is 5.26 Å². The van der Waals surface area contributed by atoms with Crippen LogP contribution in [0, 0.1) is 11.5 Å². The van der Waals surface area contributed by atoms with Crippen molar-refractivity contribution in [3.05, 3.63) is 0 Å². The topological polar surface area (TPSA) is 27.0 Å². The Morgan fingerprint density at radius 1 is 1.75 bits per heavy atom. The zero-order valence-corrected chi connectivity index (χ0v) is 5.65. The van der Waals surface area contributed by atoms with Gasteiger partial charge in [-0.2, -0.15) is 5.26 Å². The average molecular weight is 133 g/mol. The van der Waals surface area contributed by atoms with Crippen molar-refractivity contribution in [2.24, 2.45) is 0 Å². The maximum Gasteiger partial charge on any atom is 0.179 e. The maximum absolute atomic E-state index is 8.27. The summed E-state index contributed by atoms with van der Waals surface area (Å²) in [6.07, 6.45) is 2.00. The van der Waals surface area contributed by atoms with Crippen molar-refractivity contribution in [1.82, 2.24) is 4.90 Å². The van der Waals surface area contributed by atoms with Crippen LogP contribution in [0.25, 0.3) is 0 Å². The number of alkyl halides is 1. The van der Waals surface area contributed by atoms with E-state index in [1.165, 1.54) is 0 Å². The molecule has 0 atom stereocenters. The average Bonchev–Trinajstić information content (AvgIpc) is 1.83. The highest BCUT2D eigenvalue weighted by Gasteiger charge is 1.92. The molecule has 46 valence electrons. The molecule has 0 saturated carbocycles. The second kappa shape index (κ2) is 4.73. The van der Waals surface area contributed by atoms with Gasteiger partial charge in [-0.05, 0) is 6.92 Å². The van der Waals surface area contributed by atoms with Gasteiger partial charge in [-0.3, -0.25) is 0 Å². The molecule has 8 heavy (non-hydrogen) atoms. The van der Waals surface area contributed by atoms with E-state index in [1.54, 1.807) is 4.90 Å². The van der Waals surface area contributed by atoms with Crippen molar-refractivity contribution in [2.45, 2.75) is 6.92 Å². The second-order valence-electron chi connectivity index (χ2n) is 1.37. The molecule has 0 N–H and O–H groups in total. The molecule has 0 heterocycles. The summed E-state index contributed by atoms with van der Waals surface area (Å²) in [6, 6.07) is 0. The van der Waals surface area contributed by atoms with Crippen LogP contribution in [-0.4, -0.2) is 23.9 Å². The van der Waals surface area contributed by atoms with Crippen LogP contribution in [0.3, 0.4) is 0 Å². The van der Waals surface area contributed by atoms with E-state index in [0.717, 1.165) is 6.54 Å². The van der Waals surface area contributed by atoms with Crippen molar-refractivity contribution >= 4 is 11.6 Å². The monoisotopic (exact) mass is 132 g/mol. The number of nitrogens with zero attached hydrogens (tertiary/aromatic N) is 2. The maximum atomic E-state index is 8.27. The number of rotatable bonds is 3. The van der Waals surface area contributed by atoms with Crippen LogP contribution in [0.5, 0.6) is 0 Å². The predicted octanol–water partition coefficient (Wildman–Crippen LogP) is 1.03. The Morgan fingerprint density at radius 3 is 2.50 bits per heavy atom. The van der Waals surface area contributed by atoms with E-state index in [0.29, 0.717) is 12.4 Å². The highest BCUT2D eigenvalue weighted by atomic mass is 35.5. The van der Waals surface area contributed by atoms with Crippen LogP contribution >= 0.6 is 11.6 Å². The first-order valence-corrected chi connectivity index (χ1v) is 3.09. The largest absolute Gasteiger partial charge is 0.310 e. The van der Waals surface area contributed by atoms with Crippen LogP contribution in [0.2, 0.25) is 0 Å². The van der Waals surface area contributed by atoms with E-state index in [2.05, 4.69) is 0 Å². The lowest BCUT2D eigenvalue weighted by molar-refractivity contribution is 0.439. The molecule has 0 unspecified atom stereocenters. The smallest absolute Gasteiger partial charge is 0.179 e. The third-order valence-corrected chi connectivity index (χ3v) is 1.05. The molecule has 0 aliphatic carbocycles. The normalized spacial score (nSPS) is 8.12. The highest BCUT2D eigenvalue weighted by Crippen LogP contribution is 1.84. The van der Waals surface area contributed by atoms with Gasteiger partial charge in [0.2, 0.25) is 0 Å². The summed E-state index contributed by atoms with van der Waals surface area (Å²) in [6.45, 7) is 3.34. The van der Waals surface area contributed by atoms with Gasteiger partial charge in [0.1, 0.15) is 0 Å². The Labute approximate surface area is 54.7 Å². The fourth-order valence-corrected chi connectivity index (χ4v) is 0.585. The van der Waals surface area contributed by atoms with Gasteiger partial charge < -0.3 is 4.90 Å². The first kappa shape index (κ1) is 7.58. The van der Waals surface area contributed by atoms with Gasteiger partial charge in [0.05, 0.1) is 0 Å². The number of hydrogen-bond donors (Lipinski definition) is 0. The molecular weight excluding hydrogens is 124 g/mol. The second-order valence-corrected chi connectivity index (χ2v) is 1.75. The van der Waals surface area contributed by atoms with Crippen molar-refractivity contribution in [2.75, 3.05) is 19.0 Å². The van der Waals surface area contributed by atoms with Gasteiger partial charge in [-0.25, -0.2) is 0 Å². The number of nitriles is 1. The van der Waals surface area contributed by atoms with Crippen LogP contribution in [0.1, 0.15) is 6.92 Å². The van der Waals surface area contributed by atoms with Crippen LogP contribution in [0.4, 0.5) is 0 Å². The van der Waals surface area contributed by atoms with E-state index in [1.807, 2.05) is 13.1 Å². The van der Waals surface area contributed by atoms with E-state index >= 15 is 0 Å². The Morgan fingerprint density at radius 2 is 2.38 bits per heavy atom. The molecule has 3 heteroatoms. The lowest BCUT2D eigenvalue weighted by Crippen LogP contribution is -2.18. The highest BCUT2D eigenvalue weighted by molar-refractivity contribution is 6.18. The summed E-state index contributed by atoms with van der Waals surface area (Å²) < 4.78 is 0. The molecule has 0 aromatic heterocycles. The minimum absolute atomic E-state index is 0.529. The van der Waals surface area contributed by atoms with Crippen molar-refractivity contribution in [3.63, 3.8) is 0 Å². The lowest BCUT2D eigenvalue weighted by atomic mass is 10.6. The van der Waals surface area contributed by atoms with Gasteiger partial charge >= 0.3 is 0 Å². The van der Waals surface area contributed by atoms with Gasteiger partial charge in [-0.1, -0.05) is 0 Å². The molecule has 0 radical (unpaired) electrons. The van der Waals surface area contributed by atoms with E-state index in [-0.39, 0.29) is 0 Å².